The largest absolute Gasteiger partial charge is 0.466 e. The van der Waals surface area contributed by atoms with E-state index in [1.165, 1.54) is 6.33 Å². The van der Waals surface area contributed by atoms with Gasteiger partial charge in [0.15, 0.2) is 0 Å². The number of nitrogens with two attached hydrogens (primary N) is 1. The molecule has 2 heterocycles. The van der Waals surface area contributed by atoms with Crippen LogP contribution in [0.15, 0.2) is 30.6 Å². The third-order valence-corrected chi connectivity index (χ3v) is 4.88. The Morgan fingerprint density at radius 3 is 2.48 bits per heavy atom. The summed E-state index contributed by atoms with van der Waals surface area (Å²) in [7, 11) is 0. The molecule has 1 fully saturated rings. The van der Waals surface area contributed by atoms with E-state index in [-0.39, 0.29) is 35.7 Å². The van der Waals surface area contributed by atoms with Crippen LogP contribution in [0.2, 0.25) is 0 Å². The molecule has 0 saturated carbocycles. The maximum Gasteiger partial charge on any atom is 0.373 e. The first-order chi connectivity index (χ1) is 14.9. The average Bonchev–Trinajstić information content (AvgIpc) is 2.75. The summed E-state index contributed by atoms with van der Waals surface area (Å²) in [4.78, 5) is 44.0. The summed E-state index contributed by atoms with van der Waals surface area (Å²) in [6.07, 6.45) is 2.31. The van der Waals surface area contributed by atoms with Crippen molar-refractivity contribution < 1.29 is 24.0 Å². The number of esters is 1. The van der Waals surface area contributed by atoms with E-state index in [2.05, 4.69) is 9.97 Å². The van der Waals surface area contributed by atoms with Crippen molar-refractivity contribution in [2.45, 2.75) is 26.2 Å². The molecule has 2 N–H and O–H groups in total. The predicted octanol–water partition coefficient (Wildman–Crippen LogP) is 1.98. The van der Waals surface area contributed by atoms with Crippen LogP contribution in [0.4, 0.5) is 11.5 Å². The van der Waals surface area contributed by atoms with Crippen molar-refractivity contribution >= 4 is 23.4 Å². The van der Waals surface area contributed by atoms with Gasteiger partial charge in [-0.3, -0.25) is 19.7 Å². The van der Waals surface area contributed by atoms with Gasteiger partial charge in [-0.1, -0.05) is 12.1 Å². The maximum absolute atomic E-state index is 11.9. The minimum absolute atomic E-state index is 0.0832. The number of ether oxygens (including phenoxy) is 2. The maximum atomic E-state index is 11.9. The van der Waals surface area contributed by atoms with Gasteiger partial charge in [-0.2, -0.15) is 4.98 Å². The zero-order valence-electron chi connectivity index (χ0n) is 17.0. The summed E-state index contributed by atoms with van der Waals surface area (Å²) in [5, 5.41) is 11.8. The first kappa shape index (κ1) is 21.9. The number of aromatic nitrogens is 2. The molecule has 0 unspecified atom stereocenters. The number of anilines is 1. The standard InChI is InChI=1S/C20H23N5O6/c1-2-30-20(27)14-7-9-24(10-8-14)18-17(25(28)29)19(23-12-22-18)31-15-5-3-13(4-6-15)11-16(21)26/h3-6,12,14H,2,7-11H2,1H3,(H2,21,26). The van der Waals surface area contributed by atoms with Crippen molar-refractivity contribution in [3.63, 3.8) is 0 Å². The number of piperidine rings is 1. The highest BCUT2D eigenvalue weighted by Gasteiger charge is 2.33. The second-order valence-corrected chi connectivity index (χ2v) is 7.01. The Morgan fingerprint density at radius 1 is 1.23 bits per heavy atom. The third-order valence-electron chi connectivity index (χ3n) is 4.88. The Bertz CT molecular complexity index is 957. The van der Waals surface area contributed by atoms with E-state index in [1.54, 1.807) is 36.1 Å². The fourth-order valence-corrected chi connectivity index (χ4v) is 3.40. The average molecular weight is 429 g/mol. The number of nitrogens with zero attached hydrogens (tertiary/aromatic N) is 4. The summed E-state index contributed by atoms with van der Waals surface area (Å²) in [5.41, 5.74) is 5.52. The van der Waals surface area contributed by atoms with E-state index in [1.807, 2.05) is 0 Å². The minimum Gasteiger partial charge on any atom is -0.466 e. The highest BCUT2D eigenvalue weighted by molar-refractivity contribution is 5.76. The van der Waals surface area contributed by atoms with Gasteiger partial charge in [0.05, 0.1) is 23.9 Å². The van der Waals surface area contributed by atoms with Crippen LogP contribution in [0.3, 0.4) is 0 Å². The van der Waals surface area contributed by atoms with Crippen LogP contribution in [-0.4, -0.2) is 46.5 Å². The first-order valence-corrected chi connectivity index (χ1v) is 9.85. The van der Waals surface area contributed by atoms with E-state index in [0.29, 0.717) is 43.9 Å². The molecule has 164 valence electrons. The molecule has 2 aromatic rings. The smallest absolute Gasteiger partial charge is 0.373 e. The molecule has 11 nitrogen and oxygen atoms in total. The Balaban J connectivity index is 1.78. The summed E-state index contributed by atoms with van der Waals surface area (Å²) in [5.74, 6) is -0.666. The number of carbonyl (C=O) groups excluding carboxylic acids is 2. The van der Waals surface area contributed by atoms with Crippen molar-refractivity contribution in [3.05, 3.63) is 46.3 Å². The van der Waals surface area contributed by atoms with Crippen molar-refractivity contribution in [2.24, 2.45) is 11.7 Å². The molecule has 1 aliphatic rings. The summed E-state index contributed by atoms with van der Waals surface area (Å²) < 4.78 is 10.7. The molecule has 1 aromatic carbocycles. The Labute approximate surface area is 178 Å². The number of carbonyl (C=O) groups is 2. The molecule has 0 aliphatic carbocycles. The molecule has 0 spiro atoms. The molecule has 1 aromatic heterocycles. The fourth-order valence-electron chi connectivity index (χ4n) is 3.40. The first-order valence-electron chi connectivity index (χ1n) is 9.85. The third kappa shape index (κ3) is 5.44. The van der Waals surface area contributed by atoms with E-state index in [0.717, 1.165) is 0 Å². The predicted molar refractivity (Wildman–Crippen MR) is 110 cm³/mol. The van der Waals surface area contributed by atoms with Gasteiger partial charge in [-0.05, 0) is 37.5 Å². The molecular formula is C20H23N5O6. The van der Waals surface area contributed by atoms with Crippen LogP contribution in [0, 0.1) is 16.0 Å². The number of rotatable bonds is 8. The Kier molecular flexibility index (Phi) is 6.96. The van der Waals surface area contributed by atoms with Crippen LogP contribution < -0.4 is 15.4 Å². The van der Waals surface area contributed by atoms with Gasteiger partial charge in [0.2, 0.25) is 11.7 Å². The lowest BCUT2D eigenvalue weighted by Gasteiger charge is -2.31. The van der Waals surface area contributed by atoms with Gasteiger partial charge in [0.25, 0.3) is 0 Å². The zero-order chi connectivity index (χ0) is 22.4. The van der Waals surface area contributed by atoms with E-state index >= 15 is 0 Å². The zero-order valence-corrected chi connectivity index (χ0v) is 17.0. The van der Waals surface area contributed by atoms with Crippen LogP contribution in [0.1, 0.15) is 25.3 Å². The highest BCUT2D eigenvalue weighted by atomic mass is 16.6. The number of benzene rings is 1. The second-order valence-electron chi connectivity index (χ2n) is 7.01. The van der Waals surface area contributed by atoms with Crippen molar-refractivity contribution in [3.8, 4) is 11.6 Å². The number of nitro groups is 1. The molecule has 0 bridgehead atoms. The van der Waals surface area contributed by atoms with Gasteiger partial charge in [0.1, 0.15) is 12.1 Å². The molecule has 0 atom stereocenters. The van der Waals surface area contributed by atoms with Gasteiger partial charge >= 0.3 is 17.5 Å². The summed E-state index contributed by atoms with van der Waals surface area (Å²) in [6.45, 7) is 2.91. The van der Waals surface area contributed by atoms with Crippen LogP contribution in [0.5, 0.6) is 11.6 Å². The normalized spacial score (nSPS) is 14.2. The lowest BCUT2D eigenvalue weighted by Crippen LogP contribution is -2.37. The minimum atomic E-state index is -0.580. The van der Waals surface area contributed by atoms with Gasteiger partial charge in [-0.25, -0.2) is 4.98 Å². The molecule has 1 aliphatic heterocycles. The SMILES string of the molecule is CCOC(=O)C1CCN(c2ncnc(Oc3ccc(CC(N)=O)cc3)c2[N+](=O)[O-])CC1. The van der Waals surface area contributed by atoms with Crippen LogP contribution in [0.25, 0.3) is 0 Å². The molecular weight excluding hydrogens is 406 g/mol. The number of amides is 1. The van der Waals surface area contributed by atoms with Crippen LogP contribution in [-0.2, 0) is 20.7 Å². The lowest BCUT2D eigenvalue weighted by atomic mass is 9.97. The van der Waals surface area contributed by atoms with Crippen molar-refractivity contribution in [1.29, 1.82) is 0 Å². The Hall–Kier alpha value is -3.76. The van der Waals surface area contributed by atoms with Gasteiger partial charge in [0, 0.05) is 13.1 Å². The van der Waals surface area contributed by atoms with Crippen molar-refractivity contribution in [2.75, 3.05) is 24.6 Å². The summed E-state index contributed by atoms with van der Waals surface area (Å²) in [6, 6.07) is 6.45. The molecule has 31 heavy (non-hydrogen) atoms. The van der Waals surface area contributed by atoms with Gasteiger partial charge in [-0.15, -0.1) is 0 Å². The molecule has 0 radical (unpaired) electrons. The fraction of sp³-hybridized carbons (Fsp3) is 0.400. The summed E-state index contributed by atoms with van der Waals surface area (Å²) >= 11 is 0. The molecule has 1 saturated heterocycles. The molecule has 3 rings (SSSR count). The van der Waals surface area contributed by atoms with E-state index in [4.69, 9.17) is 15.2 Å². The Morgan fingerprint density at radius 2 is 1.90 bits per heavy atom. The molecule has 1 amide bonds. The highest BCUT2D eigenvalue weighted by Crippen LogP contribution is 2.37. The van der Waals surface area contributed by atoms with E-state index in [9.17, 15) is 19.7 Å². The second kappa shape index (κ2) is 9.83. The van der Waals surface area contributed by atoms with E-state index < -0.39 is 10.8 Å². The number of primary amides is 1. The topological polar surface area (TPSA) is 151 Å². The van der Waals surface area contributed by atoms with Crippen molar-refractivity contribution in [1.82, 2.24) is 9.97 Å². The van der Waals surface area contributed by atoms with Gasteiger partial charge < -0.3 is 20.1 Å². The number of hydrogen-bond acceptors (Lipinski definition) is 9. The molecule has 11 heteroatoms. The lowest BCUT2D eigenvalue weighted by molar-refractivity contribution is -0.385. The number of hydrogen-bond donors (Lipinski definition) is 1. The van der Waals surface area contributed by atoms with Crippen LogP contribution >= 0.6 is 0 Å². The quantitative estimate of drug-likeness (QED) is 0.377. The monoisotopic (exact) mass is 429 g/mol.